The van der Waals surface area contributed by atoms with E-state index in [0.717, 1.165) is 5.56 Å². The number of anilines is 1. The maximum absolute atomic E-state index is 11.0. The standard InChI is InChI=1S/C13H17ClN2O2Si/c1-18-13(17)16-15-12-9-10(5-6-11(12)14)7-8-19(2,3)4/h5-6,9,15H,1-4H3,(H,16,17). The Bertz CT molecular complexity index is 530. The van der Waals surface area contributed by atoms with Gasteiger partial charge in [0, 0.05) is 5.56 Å². The Morgan fingerprint density at radius 3 is 2.63 bits per heavy atom. The van der Waals surface area contributed by atoms with Crippen LogP contribution < -0.4 is 10.9 Å². The summed E-state index contributed by atoms with van der Waals surface area (Å²) in [5, 5.41) is 0.495. The normalized spacial score (nSPS) is 10.2. The van der Waals surface area contributed by atoms with Crippen LogP contribution in [0.25, 0.3) is 0 Å². The number of methoxy groups -OCH3 is 1. The number of nitrogens with one attached hydrogen (secondary N) is 2. The van der Waals surface area contributed by atoms with Crippen molar-refractivity contribution in [2.75, 3.05) is 12.5 Å². The summed E-state index contributed by atoms with van der Waals surface area (Å²) in [5.74, 6) is 3.12. The number of hydrazine groups is 1. The zero-order chi connectivity index (χ0) is 14.5. The van der Waals surface area contributed by atoms with E-state index in [-0.39, 0.29) is 0 Å². The minimum Gasteiger partial charge on any atom is -0.452 e. The summed E-state index contributed by atoms with van der Waals surface area (Å²) in [4.78, 5) is 11.0. The second kappa shape index (κ2) is 6.50. The molecule has 4 nitrogen and oxygen atoms in total. The molecule has 0 bridgehead atoms. The lowest BCUT2D eigenvalue weighted by atomic mass is 10.2. The molecule has 1 rings (SSSR count). The van der Waals surface area contributed by atoms with E-state index in [2.05, 4.69) is 46.7 Å². The number of ether oxygens (including phenoxy) is 1. The summed E-state index contributed by atoms with van der Waals surface area (Å²) in [6.45, 7) is 6.52. The fourth-order valence-corrected chi connectivity index (χ4v) is 1.81. The van der Waals surface area contributed by atoms with Crippen molar-refractivity contribution in [2.24, 2.45) is 0 Å². The van der Waals surface area contributed by atoms with E-state index < -0.39 is 14.2 Å². The minimum atomic E-state index is -1.42. The Morgan fingerprint density at radius 1 is 1.37 bits per heavy atom. The first-order valence-corrected chi connectivity index (χ1v) is 9.62. The molecule has 0 spiro atoms. The predicted molar refractivity (Wildman–Crippen MR) is 80.8 cm³/mol. The SMILES string of the molecule is COC(=O)NNc1cc(C#C[Si](C)(C)C)ccc1Cl. The van der Waals surface area contributed by atoms with E-state index in [0.29, 0.717) is 10.7 Å². The lowest BCUT2D eigenvalue weighted by molar-refractivity contribution is 0.173. The molecule has 0 heterocycles. The lowest BCUT2D eigenvalue weighted by Gasteiger charge is -2.09. The fraction of sp³-hybridized carbons (Fsp3) is 0.308. The Hall–Kier alpha value is -1.64. The highest BCUT2D eigenvalue weighted by atomic mass is 35.5. The Labute approximate surface area is 119 Å². The van der Waals surface area contributed by atoms with Gasteiger partial charge in [-0.3, -0.25) is 5.43 Å². The summed E-state index contributed by atoms with van der Waals surface area (Å²) >= 11 is 6.02. The molecule has 0 radical (unpaired) electrons. The van der Waals surface area contributed by atoms with E-state index >= 15 is 0 Å². The van der Waals surface area contributed by atoms with Gasteiger partial charge in [0.1, 0.15) is 8.07 Å². The van der Waals surface area contributed by atoms with Crippen LogP contribution in [0.15, 0.2) is 18.2 Å². The highest BCUT2D eigenvalue weighted by molar-refractivity contribution is 6.83. The van der Waals surface area contributed by atoms with Crippen molar-refractivity contribution in [1.29, 1.82) is 0 Å². The van der Waals surface area contributed by atoms with Crippen LogP contribution in [0.5, 0.6) is 0 Å². The number of benzene rings is 1. The molecule has 2 N–H and O–H groups in total. The summed E-state index contributed by atoms with van der Waals surface area (Å²) in [5.41, 5.74) is 9.74. The number of amides is 1. The third-order valence-corrected chi connectivity index (χ3v) is 3.24. The monoisotopic (exact) mass is 296 g/mol. The molecule has 1 aromatic carbocycles. The van der Waals surface area contributed by atoms with Gasteiger partial charge in [0.25, 0.3) is 0 Å². The summed E-state index contributed by atoms with van der Waals surface area (Å²) in [6.07, 6.45) is -0.588. The maximum atomic E-state index is 11.0. The number of hydrogen-bond donors (Lipinski definition) is 2. The van der Waals surface area contributed by atoms with Crippen LogP contribution in [0, 0.1) is 11.5 Å². The van der Waals surface area contributed by atoms with Crippen molar-refractivity contribution in [3.63, 3.8) is 0 Å². The third-order valence-electron chi connectivity index (χ3n) is 2.03. The molecule has 0 unspecified atom stereocenters. The second-order valence-electron chi connectivity index (χ2n) is 4.94. The molecule has 102 valence electrons. The molecule has 0 aliphatic carbocycles. The molecule has 0 aliphatic heterocycles. The van der Waals surface area contributed by atoms with Crippen LogP contribution in [0.4, 0.5) is 10.5 Å². The summed E-state index contributed by atoms with van der Waals surface area (Å²) in [6, 6.07) is 5.36. The van der Waals surface area contributed by atoms with E-state index in [1.54, 1.807) is 12.1 Å². The van der Waals surface area contributed by atoms with Gasteiger partial charge in [-0.2, -0.15) is 0 Å². The van der Waals surface area contributed by atoms with Crippen LogP contribution in [0.3, 0.4) is 0 Å². The van der Waals surface area contributed by atoms with E-state index in [9.17, 15) is 4.79 Å². The first-order chi connectivity index (χ1) is 8.81. The average molecular weight is 297 g/mol. The van der Waals surface area contributed by atoms with Gasteiger partial charge < -0.3 is 4.74 Å². The Kier molecular flexibility index (Phi) is 5.28. The van der Waals surface area contributed by atoms with Gasteiger partial charge in [-0.05, 0) is 18.2 Å². The molecule has 0 fully saturated rings. The summed E-state index contributed by atoms with van der Waals surface area (Å²) in [7, 11) is -0.131. The van der Waals surface area contributed by atoms with Crippen molar-refractivity contribution in [3.8, 4) is 11.5 Å². The molecule has 6 heteroatoms. The summed E-state index contributed by atoms with van der Waals surface area (Å²) < 4.78 is 4.46. The zero-order valence-corrected chi connectivity index (χ0v) is 13.2. The van der Waals surface area contributed by atoms with E-state index in [4.69, 9.17) is 11.6 Å². The highest BCUT2D eigenvalue weighted by Crippen LogP contribution is 2.22. The molecule has 0 saturated carbocycles. The van der Waals surface area contributed by atoms with Crippen LogP contribution in [0.1, 0.15) is 5.56 Å². The zero-order valence-electron chi connectivity index (χ0n) is 11.4. The number of rotatable bonds is 2. The Morgan fingerprint density at radius 2 is 2.05 bits per heavy atom. The smallest absolute Gasteiger partial charge is 0.425 e. The minimum absolute atomic E-state index is 0.495. The molecule has 0 atom stereocenters. The number of carbonyl (C=O) groups excluding carboxylic acids is 1. The molecule has 1 amide bonds. The number of hydrogen-bond acceptors (Lipinski definition) is 3. The van der Waals surface area contributed by atoms with Crippen LogP contribution in [-0.2, 0) is 4.74 Å². The number of carbonyl (C=O) groups is 1. The van der Waals surface area contributed by atoms with Crippen LogP contribution in [-0.4, -0.2) is 21.3 Å². The number of halogens is 1. The van der Waals surface area contributed by atoms with E-state index in [1.165, 1.54) is 7.11 Å². The van der Waals surface area contributed by atoms with Gasteiger partial charge in [0.15, 0.2) is 0 Å². The molecule has 0 saturated heterocycles. The quantitative estimate of drug-likeness (QED) is 0.500. The third kappa shape index (κ3) is 5.68. The van der Waals surface area contributed by atoms with Crippen molar-refractivity contribution >= 4 is 31.5 Å². The van der Waals surface area contributed by atoms with Gasteiger partial charge in [-0.15, -0.1) is 5.54 Å². The van der Waals surface area contributed by atoms with E-state index in [1.807, 2.05) is 6.07 Å². The van der Waals surface area contributed by atoms with Gasteiger partial charge in [0.2, 0.25) is 0 Å². The molecular formula is C13H17ClN2O2Si. The first kappa shape index (κ1) is 15.4. The first-order valence-electron chi connectivity index (χ1n) is 5.74. The molecular weight excluding hydrogens is 280 g/mol. The van der Waals surface area contributed by atoms with Crippen LogP contribution in [0.2, 0.25) is 24.7 Å². The topological polar surface area (TPSA) is 50.4 Å². The van der Waals surface area contributed by atoms with Crippen molar-refractivity contribution in [1.82, 2.24) is 5.43 Å². The molecule has 1 aromatic rings. The van der Waals surface area contributed by atoms with Gasteiger partial charge >= 0.3 is 6.09 Å². The van der Waals surface area contributed by atoms with Crippen molar-refractivity contribution in [2.45, 2.75) is 19.6 Å². The second-order valence-corrected chi connectivity index (χ2v) is 10.1. The Balaban J connectivity index is 2.87. The highest BCUT2D eigenvalue weighted by Gasteiger charge is 2.08. The fourth-order valence-electron chi connectivity index (χ4n) is 1.13. The lowest BCUT2D eigenvalue weighted by Crippen LogP contribution is -2.29. The largest absolute Gasteiger partial charge is 0.452 e. The van der Waals surface area contributed by atoms with Crippen LogP contribution >= 0.6 is 11.6 Å². The van der Waals surface area contributed by atoms with Gasteiger partial charge in [-0.1, -0.05) is 37.2 Å². The maximum Gasteiger partial charge on any atom is 0.425 e. The molecule has 19 heavy (non-hydrogen) atoms. The van der Waals surface area contributed by atoms with Crippen molar-refractivity contribution < 1.29 is 9.53 Å². The predicted octanol–water partition coefficient (Wildman–Crippen LogP) is 3.25. The average Bonchev–Trinajstić information content (AvgIpc) is 2.34. The van der Waals surface area contributed by atoms with Crippen molar-refractivity contribution in [3.05, 3.63) is 28.8 Å². The molecule has 0 aromatic heterocycles. The van der Waals surface area contributed by atoms with Gasteiger partial charge in [0.05, 0.1) is 17.8 Å². The van der Waals surface area contributed by atoms with Gasteiger partial charge in [-0.25, -0.2) is 10.2 Å². The molecule has 0 aliphatic rings.